The molecule has 344 valence electrons. The molecule has 0 fully saturated rings. The minimum absolute atomic E-state index is 0.000404. The van der Waals surface area contributed by atoms with Crippen molar-refractivity contribution in [3.63, 3.8) is 0 Å². The first-order valence-corrected chi connectivity index (χ1v) is 26.2. The highest BCUT2D eigenvalue weighted by atomic mass is 31.2. The predicted molar refractivity (Wildman–Crippen MR) is 247 cm³/mol. The van der Waals surface area contributed by atoms with Gasteiger partial charge < -0.3 is 28.8 Å². The number of aliphatic hydroxyl groups excluding tert-OH is 1. The molecule has 0 saturated heterocycles. The number of hydrogen-bond donors (Lipinski definition) is 2. The third-order valence-electron chi connectivity index (χ3n) is 11.2. The monoisotopic (exact) mass is 841 g/mol. The highest BCUT2D eigenvalue weighted by molar-refractivity contribution is 7.45. The quantitative estimate of drug-likeness (QED) is 0.0274. The number of nitrogens with zero attached hydrogens (tertiary/aromatic N) is 1. The van der Waals surface area contributed by atoms with E-state index in [0.29, 0.717) is 17.4 Å². The Morgan fingerprint density at radius 3 is 1.34 bits per heavy atom. The number of quaternary nitrogens is 1. The van der Waals surface area contributed by atoms with Gasteiger partial charge in [-0.2, -0.15) is 0 Å². The van der Waals surface area contributed by atoms with Crippen LogP contribution in [0.15, 0.2) is 24.3 Å². The lowest BCUT2D eigenvalue weighted by Gasteiger charge is -2.29. The molecule has 0 aromatic heterocycles. The zero-order valence-electron chi connectivity index (χ0n) is 39.0. The van der Waals surface area contributed by atoms with Crippen LogP contribution in [0.1, 0.15) is 232 Å². The number of likely N-dealkylation sites (N-methyl/N-ethyl adjacent to an activating group) is 1. The van der Waals surface area contributed by atoms with Gasteiger partial charge in [-0.15, -0.1) is 0 Å². The topological polar surface area (TPSA) is 108 Å². The van der Waals surface area contributed by atoms with E-state index < -0.39 is 20.0 Å². The minimum Gasteiger partial charge on any atom is -0.756 e. The summed E-state index contributed by atoms with van der Waals surface area (Å²) in [5.74, 6) is -0.197. The van der Waals surface area contributed by atoms with Crippen LogP contribution >= 0.6 is 7.82 Å². The number of rotatable bonds is 45. The summed E-state index contributed by atoms with van der Waals surface area (Å²) in [6, 6.07) is -0.882. The van der Waals surface area contributed by atoms with Crippen LogP contribution in [-0.4, -0.2) is 68.5 Å². The zero-order chi connectivity index (χ0) is 42.8. The molecule has 0 aromatic rings. The molecule has 0 rings (SSSR count). The van der Waals surface area contributed by atoms with E-state index in [-0.39, 0.29) is 19.1 Å². The van der Waals surface area contributed by atoms with Gasteiger partial charge in [0.15, 0.2) is 0 Å². The van der Waals surface area contributed by atoms with Crippen LogP contribution in [0.5, 0.6) is 0 Å². The van der Waals surface area contributed by atoms with Crippen LogP contribution in [0.2, 0.25) is 0 Å². The van der Waals surface area contributed by atoms with Crippen molar-refractivity contribution in [2.45, 2.75) is 244 Å². The Bertz CT molecular complexity index is 1000. The minimum atomic E-state index is -4.58. The van der Waals surface area contributed by atoms with Gasteiger partial charge in [-0.1, -0.05) is 205 Å². The number of carbonyl (C=O) groups excluding carboxylic acids is 1. The molecule has 0 spiro atoms. The second-order valence-corrected chi connectivity index (χ2v) is 19.6. The molecule has 9 heteroatoms. The van der Waals surface area contributed by atoms with E-state index in [4.69, 9.17) is 9.05 Å². The summed E-state index contributed by atoms with van der Waals surface area (Å²) < 4.78 is 23.2. The van der Waals surface area contributed by atoms with Gasteiger partial charge in [-0.05, 0) is 44.9 Å². The second kappa shape index (κ2) is 41.3. The molecule has 0 bridgehead atoms. The summed E-state index contributed by atoms with van der Waals surface area (Å²) in [6.45, 7) is 4.64. The fraction of sp³-hybridized carbons (Fsp3) is 0.898. The van der Waals surface area contributed by atoms with E-state index in [1.54, 1.807) is 6.08 Å². The fourth-order valence-corrected chi connectivity index (χ4v) is 7.93. The van der Waals surface area contributed by atoms with Crippen molar-refractivity contribution in [3.8, 4) is 0 Å². The molecule has 3 atom stereocenters. The Balaban J connectivity index is 4.16. The van der Waals surface area contributed by atoms with Crippen molar-refractivity contribution in [2.24, 2.45) is 0 Å². The number of allylic oxidation sites excluding steroid dienone is 3. The number of hydrogen-bond acceptors (Lipinski definition) is 6. The van der Waals surface area contributed by atoms with E-state index >= 15 is 0 Å². The molecule has 0 heterocycles. The molecular weight excluding hydrogens is 744 g/mol. The summed E-state index contributed by atoms with van der Waals surface area (Å²) in [5, 5.41) is 13.8. The van der Waals surface area contributed by atoms with Crippen LogP contribution < -0.4 is 10.2 Å². The maximum absolute atomic E-state index is 12.9. The molecule has 0 aliphatic carbocycles. The van der Waals surface area contributed by atoms with Gasteiger partial charge >= 0.3 is 0 Å². The van der Waals surface area contributed by atoms with Gasteiger partial charge in [0.2, 0.25) is 5.91 Å². The fourth-order valence-electron chi connectivity index (χ4n) is 7.21. The predicted octanol–water partition coefficient (Wildman–Crippen LogP) is 13.5. The standard InChI is InChI=1S/C49H97N2O6P/c1-6-8-10-12-14-16-18-19-20-21-22-23-24-25-26-27-28-29-30-31-33-35-37-39-41-43-49(53)50-47(46-57-58(54,55)56-45-44-51(3,4)5)48(52)42-40-38-36-34-32-17-15-13-11-9-7-2/h21-22,40,42,47-48,52H,6-20,23-39,41,43-46H2,1-5H3,(H-,50,53,54,55)/b22-21-,42-40+. The van der Waals surface area contributed by atoms with E-state index in [2.05, 4.69) is 31.3 Å². The molecule has 0 aromatic carbocycles. The lowest BCUT2D eigenvalue weighted by Crippen LogP contribution is -2.45. The number of carbonyl (C=O) groups is 1. The normalized spacial score (nSPS) is 14.4. The van der Waals surface area contributed by atoms with Gasteiger partial charge in [-0.25, -0.2) is 0 Å². The van der Waals surface area contributed by atoms with Crippen LogP contribution in [0.25, 0.3) is 0 Å². The number of aliphatic hydroxyl groups is 1. The van der Waals surface area contributed by atoms with Crippen molar-refractivity contribution in [2.75, 3.05) is 40.9 Å². The molecule has 58 heavy (non-hydrogen) atoms. The average Bonchev–Trinajstić information content (AvgIpc) is 3.17. The Kier molecular flexibility index (Phi) is 40.6. The second-order valence-electron chi connectivity index (χ2n) is 18.2. The zero-order valence-corrected chi connectivity index (χ0v) is 39.9. The van der Waals surface area contributed by atoms with Crippen molar-refractivity contribution in [3.05, 3.63) is 24.3 Å². The first-order valence-electron chi connectivity index (χ1n) is 24.7. The third kappa shape index (κ3) is 43.1. The molecule has 2 N–H and O–H groups in total. The Morgan fingerprint density at radius 2 is 0.948 bits per heavy atom. The summed E-state index contributed by atoms with van der Waals surface area (Å²) >= 11 is 0. The number of phosphoric ester groups is 1. The lowest BCUT2D eigenvalue weighted by atomic mass is 10.0. The molecule has 8 nitrogen and oxygen atoms in total. The summed E-state index contributed by atoms with van der Waals surface area (Å²) in [7, 11) is 1.27. The number of phosphoric acid groups is 1. The van der Waals surface area contributed by atoms with Crippen molar-refractivity contribution in [1.82, 2.24) is 5.32 Å². The molecule has 0 aliphatic heterocycles. The van der Waals surface area contributed by atoms with Gasteiger partial charge in [0.25, 0.3) is 7.82 Å². The van der Waals surface area contributed by atoms with Gasteiger partial charge in [0.05, 0.1) is 39.9 Å². The summed E-state index contributed by atoms with van der Waals surface area (Å²) in [5.41, 5.74) is 0. The lowest BCUT2D eigenvalue weighted by molar-refractivity contribution is -0.870. The summed E-state index contributed by atoms with van der Waals surface area (Å²) in [4.78, 5) is 25.3. The van der Waals surface area contributed by atoms with E-state index in [0.717, 1.165) is 38.5 Å². The molecule has 0 radical (unpaired) electrons. The smallest absolute Gasteiger partial charge is 0.268 e. The first kappa shape index (κ1) is 57.0. The van der Waals surface area contributed by atoms with E-state index in [9.17, 15) is 19.4 Å². The highest BCUT2D eigenvalue weighted by Crippen LogP contribution is 2.38. The largest absolute Gasteiger partial charge is 0.756 e. The highest BCUT2D eigenvalue weighted by Gasteiger charge is 2.23. The van der Waals surface area contributed by atoms with Gasteiger partial charge in [0, 0.05) is 6.42 Å². The Hall–Kier alpha value is -1.02. The van der Waals surface area contributed by atoms with E-state index in [1.807, 2.05) is 27.2 Å². The van der Waals surface area contributed by atoms with Crippen molar-refractivity contribution >= 4 is 13.7 Å². The number of amides is 1. The molecular formula is C49H97N2O6P. The molecule has 0 aliphatic rings. The Morgan fingerprint density at radius 1 is 0.586 bits per heavy atom. The van der Waals surface area contributed by atoms with Crippen LogP contribution in [0, 0.1) is 0 Å². The average molecular weight is 841 g/mol. The van der Waals surface area contributed by atoms with Crippen molar-refractivity contribution in [1.29, 1.82) is 0 Å². The Labute approximate surface area is 360 Å². The number of unbranched alkanes of at least 4 members (excludes halogenated alkanes) is 30. The maximum atomic E-state index is 12.9. The van der Waals surface area contributed by atoms with E-state index in [1.165, 1.54) is 173 Å². The van der Waals surface area contributed by atoms with Gasteiger partial charge in [0.1, 0.15) is 13.2 Å². The SMILES string of the molecule is CCCCCCCCCC/C=C\CCCCCCCCCCCCCCCC(=O)NC(COP(=O)([O-])OCC[N+](C)(C)C)C(O)/C=C/CCCCCCCCCCC. The third-order valence-corrected chi connectivity index (χ3v) is 12.1. The molecule has 1 amide bonds. The number of nitrogens with one attached hydrogen (secondary N) is 1. The molecule has 0 saturated carbocycles. The first-order chi connectivity index (χ1) is 28.0. The molecule has 3 unspecified atom stereocenters. The van der Waals surface area contributed by atoms with Crippen molar-refractivity contribution < 1.29 is 32.9 Å². The van der Waals surface area contributed by atoms with Crippen LogP contribution in [0.3, 0.4) is 0 Å². The maximum Gasteiger partial charge on any atom is 0.268 e. The van der Waals surface area contributed by atoms with Gasteiger partial charge in [-0.3, -0.25) is 9.36 Å². The van der Waals surface area contributed by atoms with Crippen LogP contribution in [-0.2, 0) is 18.4 Å². The summed E-state index contributed by atoms with van der Waals surface area (Å²) in [6.07, 6.45) is 49.5. The van der Waals surface area contributed by atoms with Crippen LogP contribution in [0.4, 0.5) is 0 Å².